The van der Waals surface area contributed by atoms with Crippen LogP contribution in [0.3, 0.4) is 0 Å². The van der Waals surface area contributed by atoms with Gasteiger partial charge >= 0.3 is 6.09 Å². The molecule has 4 rings (SSSR count). The molecule has 1 amide bonds. The van der Waals surface area contributed by atoms with Crippen molar-refractivity contribution < 1.29 is 39.5 Å². The predicted octanol–water partition coefficient (Wildman–Crippen LogP) is 2.63. The fourth-order valence-corrected chi connectivity index (χ4v) is 7.61. The quantitative estimate of drug-likeness (QED) is 0.365. The van der Waals surface area contributed by atoms with Crippen molar-refractivity contribution >= 4 is 11.9 Å². The lowest BCUT2D eigenvalue weighted by Crippen LogP contribution is -2.86. The number of ketones is 1. The summed E-state index contributed by atoms with van der Waals surface area (Å²) in [6.07, 6.45) is -2.08. The van der Waals surface area contributed by atoms with Crippen molar-refractivity contribution in [3.8, 4) is 5.75 Å². The van der Waals surface area contributed by atoms with Crippen molar-refractivity contribution in [2.45, 2.75) is 95.4 Å². The Morgan fingerprint density at radius 2 is 1.82 bits per heavy atom. The van der Waals surface area contributed by atoms with Crippen LogP contribution in [0.2, 0.25) is 0 Å². The number of aliphatic hydroxyl groups excluding tert-OH is 2. The number of fused-ring (bicyclic) bond motifs is 3. The topological polar surface area (TPSA) is 146 Å². The summed E-state index contributed by atoms with van der Waals surface area (Å²) in [6, 6.07) is 6.59. The molecular formula is C29H41NO8. The number of nitrogens with one attached hydrogen (secondary N) is 1. The Morgan fingerprint density at radius 1 is 1.18 bits per heavy atom. The molecule has 2 aliphatic carbocycles. The Labute approximate surface area is 223 Å². The van der Waals surface area contributed by atoms with Crippen LogP contribution in [-0.2, 0) is 20.7 Å². The van der Waals surface area contributed by atoms with Crippen LogP contribution in [-0.4, -0.2) is 74.0 Å². The smallest absolute Gasteiger partial charge is 0.407 e. The molecule has 3 fully saturated rings. The zero-order valence-corrected chi connectivity index (χ0v) is 22.9. The maximum absolute atomic E-state index is 13.9. The van der Waals surface area contributed by atoms with Gasteiger partial charge in [-0.25, -0.2) is 4.79 Å². The molecule has 1 aliphatic heterocycles. The minimum atomic E-state index is -2.26. The number of carbonyl (C=O) groups excluding carboxylic acids is 2. The summed E-state index contributed by atoms with van der Waals surface area (Å²) in [5.41, 5.74) is -6.52. The van der Waals surface area contributed by atoms with Gasteiger partial charge in [0.25, 0.3) is 0 Å². The molecule has 1 saturated heterocycles. The Morgan fingerprint density at radius 3 is 2.42 bits per heavy atom. The zero-order chi connectivity index (χ0) is 28.3. The minimum absolute atomic E-state index is 0.143. The maximum atomic E-state index is 13.9. The van der Waals surface area contributed by atoms with Crippen molar-refractivity contribution in [3.63, 3.8) is 0 Å². The van der Waals surface area contributed by atoms with Gasteiger partial charge in [0.2, 0.25) is 0 Å². The molecule has 0 spiro atoms. The largest absolute Gasteiger partial charge is 0.508 e. The number of Topliss-reactive ketones (excluding diaryl/α,β-unsaturated/α-hetero) is 1. The fourth-order valence-electron chi connectivity index (χ4n) is 7.61. The summed E-state index contributed by atoms with van der Waals surface area (Å²) in [5, 5.41) is 47.7. The molecule has 3 aliphatic rings. The van der Waals surface area contributed by atoms with Crippen LogP contribution in [0.4, 0.5) is 4.79 Å². The van der Waals surface area contributed by atoms with Crippen molar-refractivity contribution in [3.05, 3.63) is 42.5 Å². The van der Waals surface area contributed by atoms with E-state index in [4.69, 9.17) is 9.47 Å². The zero-order valence-electron chi connectivity index (χ0n) is 22.9. The molecule has 1 aromatic rings. The van der Waals surface area contributed by atoms with E-state index in [9.17, 15) is 30.0 Å². The van der Waals surface area contributed by atoms with E-state index in [0.717, 1.165) is 5.56 Å². The maximum Gasteiger partial charge on any atom is 0.407 e. The summed E-state index contributed by atoms with van der Waals surface area (Å²) in [7, 11) is 0. The third-order valence-electron chi connectivity index (χ3n) is 9.58. The molecule has 1 aromatic carbocycles. The summed E-state index contributed by atoms with van der Waals surface area (Å²) < 4.78 is 12.2. The van der Waals surface area contributed by atoms with Crippen molar-refractivity contribution in [2.75, 3.05) is 6.54 Å². The first kappa shape index (κ1) is 28.5. The summed E-state index contributed by atoms with van der Waals surface area (Å²) in [5.74, 6) is -1.19. The van der Waals surface area contributed by atoms with Crippen molar-refractivity contribution in [1.29, 1.82) is 0 Å². The molecule has 9 heteroatoms. The average molecular weight is 532 g/mol. The van der Waals surface area contributed by atoms with E-state index in [-0.39, 0.29) is 18.7 Å². The molecule has 0 aromatic heterocycles. The highest BCUT2D eigenvalue weighted by Gasteiger charge is 2.81. The lowest BCUT2D eigenvalue weighted by molar-refractivity contribution is -0.369. The normalized spacial score (nSPS) is 41.9. The predicted molar refractivity (Wildman–Crippen MR) is 139 cm³/mol. The Bertz CT molecular complexity index is 1100. The fraction of sp³-hybridized carbons (Fsp3) is 0.655. The van der Waals surface area contributed by atoms with Crippen LogP contribution in [0.25, 0.3) is 0 Å². The Hall–Kier alpha value is -2.46. The van der Waals surface area contributed by atoms with E-state index in [1.165, 1.54) is 13.0 Å². The van der Waals surface area contributed by atoms with Gasteiger partial charge in [-0.1, -0.05) is 39.0 Å². The van der Waals surface area contributed by atoms with E-state index in [2.05, 4.69) is 11.9 Å². The number of phenols is 1. The van der Waals surface area contributed by atoms with Crippen LogP contribution < -0.4 is 5.32 Å². The van der Waals surface area contributed by atoms with Gasteiger partial charge in [0.05, 0.1) is 17.8 Å². The van der Waals surface area contributed by atoms with Crippen molar-refractivity contribution in [1.82, 2.24) is 5.32 Å². The SMILES string of the molecule is C=C[C@@]1(C)CC(=O)[C@]2(O)[C@@]3(C)[C@@H](O)CCC(C)(C)[C@@H]3[C@H](O)[C@H](OC(=O)NCCc3ccc(O)cc3)[C@@]2(C)O1. The molecular weight excluding hydrogens is 490 g/mol. The summed E-state index contributed by atoms with van der Waals surface area (Å²) >= 11 is 0. The van der Waals surface area contributed by atoms with Crippen LogP contribution >= 0.6 is 0 Å². The second-order valence-electron chi connectivity index (χ2n) is 12.5. The molecule has 210 valence electrons. The molecule has 1 heterocycles. The third kappa shape index (κ3) is 4.06. The van der Waals surface area contributed by atoms with Gasteiger partial charge in [0.1, 0.15) is 11.4 Å². The molecule has 0 radical (unpaired) electrons. The van der Waals surface area contributed by atoms with Gasteiger partial charge in [-0.15, -0.1) is 6.58 Å². The third-order valence-corrected chi connectivity index (χ3v) is 9.58. The first-order valence-corrected chi connectivity index (χ1v) is 13.2. The Kier molecular flexibility index (Phi) is 7.01. The van der Waals surface area contributed by atoms with E-state index >= 15 is 0 Å². The van der Waals surface area contributed by atoms with Crippen LogP contribution in [0.5, 0.6) is 5.75 Å². The van der Waals surface area contributed by atoms with E-state index in [1.54, 1.807) is 38.1 Å². The second-order valence-corrected chi connectivity index (χ2v) is 12.5. The molecule has 0 unspecified atom stereocenters. The number of hydrogen-bond donors (Lipinski definition) is 5. The number of ether oxygens (including phenoxy) is 2. The monoisotopic (exact) mass is 531 g/mol. The first-order valence-electron chi connectivity index (χ1n) is 13.2. The molecule has 5 N–H and O–H groups in total. The van der Waals surface area contributed by atoms with Gasteiger partial charge in [-0.3, -0.25) is 4.79 Å². The summed E-state index contributed by atoms with van der Waals surface area (Å²) in [6.45, 7) is 12.6. The molecule has 0 bridgehead atoms. The van der Waals surface area contributed by atoms with Crippen molar-refractivity contribution in [2.24, 2.45) is 16.7 Å². The number of benzene rings is 1. The van der Waals surface area contributed by atoms with Gasteiger partial charge in [-0.2, -0.15) is 0 Å². The number of phenolic OH excluding ortho intramolecular Hbond substituents is 1. The molecule has 2 saturated carbocycles. The number of alkyl carbamates (subject to hydrolysis) is 1. The van der Waals surface area contributed by atoms with Crippen LogP contribution in [0, 0.1) is 16.7 Å². The highest BCUT2D eigenvalue weighted by Crippen LogP contribution is 2.67. The number of carbonyl (C=O) groups is 2. The first-order chi connectivity index (χ1) is 17.6. The number of rotatable bonds is 5. The molecule has 38 heavy (non-hydrogen) atoms. The highest BCUT2D eigenvalue weighted by molar-refractivity contribution is 5.92. The lowest BCUT2D eigenvalue weighted by atomic mass is 9.40. The highest BCUT2D eigenvalue weighted by atomic mass is 16.6. The summed E-state index contributed by atoms with van der Waals surface area (Å²) in [4.78, 5) is 26.9. The Balaban J connectivity index is 1.70. The number of aliphatic hydroxyl groups is 3. The van der Waals surface area contributed by atoms with Gasteiger partial charge < -0.3 is 35.2 Å². The lowest BCUT2D eigenvalue weighted by Gasteiger charge is -2.71. The number of aromatic hydroxyl groups is 1. The second kappa shape index (κ2) is 9.33. The van der Waals surface area contributed by atoms with Crippen LogP contribution in [0.15, 0.2) is 36.9 Å². The molecule has 9 nitrogen and oxygen atoms in total. The van der Waals surface area contributed by atoms with E-state index in [0.29, 0.717) is 19.3 Å². The average Bonchev–Trinajstić information content (AvgIpc) is 2.83. The molecule has 8 atom stereocenters. The van der Waals surface area contributed by atoms with Gasteiger partial charge in [-0.05, 0) is 56.2 Å². The van der Waals surface area contributed by atoms with E-state index < -0.39 is 63.7 Å². The standard InChI is InChI=1S/C29H41NO8/c1-7-26(4)16-20(33)29(36)27(5)19(32)12-14-25(2,3)22(27)21(34)23(28(29,6)38-26)37-24(35)30-15-13-17-8-10-18(31)11-9-17/h7-11,19,21-23,31-32,34,36H,1,12-16H2,2-6H3,(H,30,35)/t19-,21-,22-,23-,26-,27-,28+,29-/m0/s1. The van der Waals surface area contributed by atoms with Crippen LogP contribution in [0.1, 0.15) is 59.4 Å². The van der Waals surface area contributed by atoms with Gasteiger partial charge in [0.15, 0.2) is 17.5 Å². The number of hydrogen-bond acceptors (Lipinski definition) is 8. The van der Waals surface area contributed by atoms with Gasteiger partial charge in [0, 0.05) is 24.3 Å². The van der Waals surface area contributed by atoms with E-state index in [1.807, 2.05) is 13.8 Å². The number of amides is 1. The minimum Gasteiger partial charge on any atom is -0.508 e.